The number of aromatic hydroxyl groups is 1. The number of aromatic carboxylic acids is 1. The van der Waals surface area contributed by atoms with Gasteiger partial charge in [0, 0.05) is 0 Å². The van der Waals surface area contributed by atoms with Gasteiger partial charge in [-0.15, -0.1) is 0 Å². The van der Waals surface area contributed by atoms with Crippen LogP contribution in [0, 0.1) is 0 Å². The predicted octanol–water partition coefficient (Wildman–Crippen LogP) is 2.40. The van der Waals surface area contributed by atoms with E-state index in [9.17, 15) is 4.79 Å². The minimum absolute atomic E-state index is 0.0249. The van der Waals surface area contributed by atoms with Gasteiger partial charge in [0.25, 0.3) is 5.76 Å². The van der Waals surface area contributed by atoms with Crippen LogP contribution in [-0.2, 0) is 0 Å². The molecule has 0 unspecified atom stereocenters. The Balaban J connectivity index is 2.58. The second-order valence-corrected chi connectivity index (χ2v) is 3.39. The predicted molar refractivity (Wildman–Crippen MR) is 55.6 cm³/mol. The van der Waals surface area contributed by atoms with E-state index in [1.165, 1.54) is 24.3 Å². The van der Waals surface area contributed by atoms with E-state index in [1.807, 2.05) is 0 Å². The molecule has 5 nitrogen and oxygen atoms in total. The van der Waals surface area contributed by atoms with Crippen LogP contribution >= 0.6 is 11.6 Å². The van der Waals surface area contributed by atoms with Crippen LogP contribution in [0.15, 0.2) is 28.8 Å². The van der Waals surface area contributed by atoms with Crippen molar-refractivity contribution in [3.8, 4) is 16.9 Å². The summed E-state index contributed by atoms with van der Waals surface area (Å²) in [6.07, 6.45) is 0. The van der Waals surface area contributed by atoms with Crippen molar-refractivity contribution in [2.24, 2.45) is 0 Å². The lowest BCUT2D eigenvalue weighted by atomic mass is 10.1. The van der Waals surface area contributed by atoms with Crippen LogP contribution < -0.4 is 0 Å². The van der Waals surface area contributed by atoms with Crippen LogP contribution in [0.1, 0.15) is 10.6 Å². The molecule has 0 aliphatic carbocycles. The monoisotopic (exact) mass is 239 g/mol. The van der Waals surface area contributed by atoms with Crippen molar-refractivity contribution >= 4 is 17.6 Å². The largest absolute Gasteiger partial charge is 0.508 e. The molecule has 16 heavy (non-hydrogen) atoms. The molecule has 0 saturated carbocycles. The lowest BCUT2D eigenvalue weighted by Crippen LogP contribution is -1.96. The second-order valence-electron chi connectivity index (χ2n) is 3.03. The SMILES string of the molecule is O=C(O)c1onc(Cl)c1-c1ccc(O)cc1. The van der Waals surface area contributed by atoms with Gasteiger partial charge in [0.2, 0.25) is 0 Å². The molecule has 0 radical (unpaired) electrons. The number of carbonyl (C=O) groups is 1. The third-order valence-corrected chi connectivity index (χ3v) is 2.26. The molecule has 0 aliphatic heterocycles. The van der Waals surface area contributed by atoms with Gasteiger partial charge in [0.05, 0.1) is 5.56 Å². The molecule has 0 saturated heterocycles. The minimum atomic E-state index is -1.25. The number of carboxylic acid groups (broad SMARTS) is 1. The summed E-state index contributed by atoms with van der Waals surface area (Å²) < 4.78 is 4.60. The fourth-order valence-electron chi connectivity index (χ4n) is 1.29. The Kier molecular flexibility index (Phi) is 2.54. The minimum Gasteiger partial charge on any atom is -0.508 e. The zero-order valence-electron chi connectivity index (χ0n) is 7.85. The molecule has 82 valence electrons. The molecule has 1 heterocycles. The van der Waals surface area contributed by atoms with Gasteiger partial charge in [-0.05, 0) is 17.7 Å². The third-order valence-electron chi connectivity index (χ3n) is 2.00. The van der Waals surface area contributed by atoms with Gasteiger partial charge in [-0.25, -0.2) is 4.79 Å². The summed E-state index contributed by atoms with van der Waals surface area (Å²) in [5, 5.41) is 21.3. The molecule has 0 bridgehead atoms. The molecule has 0 spiro atoms. The Bertz CT molecular complexity index is 532. The first-order valence-corrected chi connectivity index (χ1v) is 4.65. The highest BCUT2D eigenvalue weighted by Crippen LogP contribution is 2.31. The van der Waals surface area contributed by atoms with E-state index < -0.39 is 5.97 Å². The summed E-state index contributed by atoms with van der Waals surface area (Å²) in [4.78, 5) is 10.8. The quantitative estimate of drug-likeness (QED) is 0.841. The van der Waals surface area contributed by atoms with Crippen molar-refractivity contribution in [3.63, 3.8) is 0 Å². The Morgan fingerprint density at radius 3 is 2.50 bits per heavy atom. The van der Waals surface area contributed by atoms with Crippen molar-refractivity contribution in [2.75, 3.05) is 0 Å². The summed E-state index contributed by atoms with van der Waals surface area (Å²) in [6, 6.07) is 5.90. The van der Waals surface area contributed by atoms with E-state index in [2.05, 4.69) is 9.68 Å². The fraction of sp³-hybridized carbons (Fsp3) is 0. The number of halogens is 1. The van der Waals surface area contributed by atoms with Gasteiger partial charge in [-0.1, -0.05) is 28.9 Å². The number of rotatable bonds is 2. The average molecular weight is 240 g/mol. The van der Waals surface area contributed by atoms with E-state index in [-0.39, 0.29) is 22.2 Å². The molecule has 0 atom stereocenters. The Hall–Kier alpha value is -2.01. The van der Waals surface area contributed by atoms with Crippen molar-refractivity contribution in [2.45, 2.75) is 0 Å². The molecule has 1 aromatic heterocycles. The topological polar surface area (TPSA) is 83.6 Å². The molecule has 6 heteroatoms. The van der Waals surface area contributed by atoms with E-state index in [1.54, 1.807) is 0 Å². The van der Waals surface area contributed by atoms with Crippen molar-refractivity contribution in [3.05, 3.63) is 35.2 Å². The van der Waals surface area contributed by atoms with E-state index in [0.717, 1.165) is 0 Å². The first-order chi connectivity index (χ1) is 7.59. The number of benzene rings is 1. The van der Waals surface area contributed by atoms with Crippen LogP contribution in [0.4, 0.5) is 0 Å². The van der Waals surface area contributed by atoms with Crippen LogP contribution in [0.3, 0.4) is 0 Å². The number of carboxylic acids is 1. The number of phenolic OH excluding ortho intramolecular Hbond substituents is 1. The molecule has 0 fully saturated rings. The standard InChI is InChI=1S/C10H6ClNO4/c11-9-7(8(10(14)15)16-12-9)5-1-3-6(13)4-2-5/h1-4,13H,(H,14,15). The maximum absolute atomic E-state index is 10.8. The zero-order chi connectivity index (χ0) is 11.7. The lowest BCUT2D eigenvalue weighted by molar-refractivity contribution is 0.0653. The van der Waals surface area contributed by atoms with Gasteiger partial charge >= 0.3 is 5.97 Å². The molecule has 2 rings (SSSR count). The molecule has 1 aromatic carbocycles. The Morgan fingerprint density at radius 2 is 1.94 bits per heavy atom. The molecule has 0 aliphatic rings. The maximum atomic E-state index is 10.8. The summed E-state index contributed by atoms with van der Waals surface area (Å²) in [5.41, 5.74) is 0.718. The zero-order valence-corrected chi connectivity index (χ0v) is 8.60. The summed E-state index contributed by atoms with van der Waals surface area (Å²) >= 11 is 5.73. The smallest absolute Gasteiger partial charge is 0.375 e. The van der Waals surface area contributed by atoms with Crippen LogP contribution in [0.2, 0.25) is 5.15 Å². The highest BCUT2D eigenvalue weighted by atomic mass is 35.5. The summed E-state index contributed by atoms with van der Waals surface area (Å²) in [7, 11) is 0. The van der Waals surface area contributed by atoms with Gasteiger partial charge in [0.1, 0.15) is 5.75 Å². The summed E-state index contributed by atoms with van der Waals surface area (Å²) in [5.74, 6) is -1.49. The molecular weight excluding hydrogens is 234 g/mol. The Morgan fingerprint density at radius 1 is 1.31 bits per heavy atom. The molecular formula is C10H6ClNO4. The second kappa shape index (κ2) is 3.86. The van der Waals surface area contributed by atoms with Crippen molar-refractivity contribution in [1.82, 2.24) is 5.16 Å². The lowest BCUT2D eigenvalue weighted by Gasteiger charge is -1.99. The summed E-state index contributed by atoms with van der Waals surface area (Å²) in [6.45, 7) is 0. The number of hydrogen-bond donors (Lipinski definition) is 2. The highest BCUT2D eigenvalue weighted by Gasteiger charge is 2.21. The average Bonchev–Trinajstić information content (AvgIpc) is 2.62. The normalized spacial score (nSPS) is 10.3. The molecule has 2 N–H and O–H groups in total. The first-order valence-electron chi connectivity index (χ1n) is 4.27. The van der Waals surface area contributed by atoms with Crippen LogP contribution in [0.25, 0.3) is 11.1 Å². The van der Waals surface area contributed by atoms with Gasteiger partial charge in [-0.3, -0.25) is 0 Å². The number of aromatic nitrogens is 1. The highest BCUT2D eigenvalue weighted by molar-refractivity contribution is 6.32. The van der Waals surface area contributed by atoms with Crippen molar-refractivity contribution in [1.29, 1.82) is 0 Å². The first kappa shape index (κ1) is 10.5. The van der Waals surface area contributed by atoms with Crippen LogP contribution in [-0.4, -0.2) is 21.3 Å². The number of phenols is 1. The van der Waals surface area contributed by atoms with E-state index in [0.29, 0.717) is 5.56 Å². The number of hydrogen-bond acceptors (Lipinski definition) is 4. The number of nitrogens with zero attached hydrogens (tertiary/aromatic N) is 1. The van der Waals surface area contributed by atoms with E-state index in [4.69, 9.17) is 21.8 Å². The van der Waals surface area contributed by atoms with E-state index >= 15 is 0 Å². The molecule has 2 aromatic rings. The third kappa shape index (κ3) is 1.72. The molecule has 0 amide bonds. The van der Waals surface area contributed by atoms with Gasteiger partial charge in [-0.2, -0.15) is 0 Å². The maximum Gasteiger partial charge on any atom is 0.375 e. The van der Waals surface area contributed by atoms with Gasteiger partial charge < -0.3 is 14.7 Å². The fourth-order valence-corrected chi connectivity index (χ4v) is 1.52. The van der Waals surface area contributed by atoms with Crippen molar-refractivity contribution < 1.29 is 19.5 Å². The van der Waals surface area contributed by atoms with Gasteiger partial charge in [0.15, 0.2) is 5.15 Å². The van der Waals surface area contributed by atoms with Crippen LogP contribution in [0.5, 0.6) is 5.75 Å². The Labute approximate surface area is 94.9 Å².